The summed E-state index contributed by atoms with van der Waals surface area (Å²) in [5.74, 6) is 2.85. The molecule has 1 unspecified atom stereocenters. The molecule has 2 saturated heterocycles. The van der Waals surface area contributed by atoms with Crippen LogP contribution in [-0.4, -0.2) is 51.0 Å². The van der Waals surface area contributed by atoms with Gasteiger partial charge in [0.2, 0.25) is 0 Å². The van der Waals surface area contributed by atoms with Crippen LogP contribution in [0.15, 0.2) is 12.3 Å². The average Bonchev–Trinajstić information content (AvgIpc) is 3.08. The molecule has 2 N–H and O–H groups in total. The van der Waals surface area contributed by atoms with Crippen molar-refractivity contribution in [1.82, 2.24) is 10.3 Å². The molecular weight excluding hydrogens is 282 g/mol. The van der Waals surface area contributed by atoms with E-state index in [1.54, 1.807) is 13.3 Å². The van der Waals surface area contributed by atoms with Crippen LogP contribution in [0.2, 0.25) is 0 Å². The average molecular weight is 307 g/mol. The van der Waals surface area contributed by atoms with Crippen LogP contribution in [0.3, 0.4) is 0 Å². The van der Waals surface area contributed by atoms with E-state index in [2.05, 4.69) is 15.6 Å². The fourth-order valence-corrected chi connectivity index (χ4v) is 2.89. The van der Waals surface area contributed by atoms with Gasteiger partial charge in [-0.15, -0.1) is 0 Å². The summed E-state index contributed by atoms with van der Waals surface area (Å²) in [5, 5.41) is 6.79. The lowest BCUT2D eigenvalue weighted by Crippen LogP contribution is -2.28. The molecule has 0 amide bonds. The van der Waals surface area contributed by atoms with Crippen molar-refractivity contribution in [2.24, 2.45) is 5.92 Å². The Kier molecular flexibility index (Phi) is 5.34. The Labute approximate surface area is 131 Å². The van der Waals surface area contributed by atoms with Crippen LogP contribution in [0.1, 0.15) is 19.3 Å². The molecule has 2 aliphatic rings. The fourth-order valence-electron chi connectivity index (χ4n) is 2.89. The molecule has 3 heterocycles. The largest absolute Gasteiger partial charge is 0.493 e. The number of hydrogen-bond acceptors (Lipinski definition) is 6. The minimum Gasteiger partial charge on any atom is -0.493 e. The van der Waals surface area contributed by atoms with E-state index in [0.717, 1.165) is 50.7 Å². The zero-order valence-electron chi connectivity index (χ0n) is 13.1. The van der Waals surface area contributed by atoms with Gasteiger partial charge in [0.05, 0.1) is 19.9 Å². The van der Waals surface area contributed by atoms with E-state index in [4.69, 9.17) is 14.2 Å². The van der Waals surface area contributed by atoms with Crippen LogP contribution < -0.4 is 20.1 Å². The molecule has 2 fully saturated rings. The van der Waals surface area contributed by atoms with Gasteiger partial charge in [0.1, 0.15) is 5.82 Å². The van der Waals surface area contributed by atoms with Gasteiger partial charge in [0.15, 0.2) is 11.5 Å². The van der Waals surface area contributed by atoms with Crippen molar-refractivity contribution in [3.8, 4) is 11.5 Å². The Morgan fingerprint density at radius 3 is 2.91 bits per heavy atom. The molecule has 3 rings (SSSR count). The number of aromatic nitrogens is 1. The quantitative estimate of drug-likeness (QED) is 0.833. The van der Waals surface area contributed by atoms with Gasteiger partial charge < -0.3 is 24.8 Å². The second-order valence-corrected chi connectivity index (χ2v) is 5.92. The van der Waals surface area contributed by atoms with Crippen LogP contribution in [-0.2, 0) is 4.74 Å². The van der Waals surface area contributed by atoms with Crippen LogP contribution in [0.4, 0.5) is 5.82 Å². The maximum absolute atomic E-state index is 5.88. The predicted molar refractivity (Wildman–Crippen MR) is 84.7 cm³/mol. The smallest absolute Gasteiger partial charge is 0.179 e. The molecule has 0 radical (unpaired) electrons. The van der Waals surface area contributed by atoms with E-state index in [-0.39, 0.29) is 0 Å². The molecule has 0 aliphatic carbocycles. The SMILES string of the molecule is COc1cc(NC2CCOCC2)ncc1OCC1CCNC1. The molecule has 0 aromatic carbocycles. The second kappa shape index (κ2) is 7.65. The third-order valence-corrected chi connectivity index (χ3v) is 4.26. The number of pyridine rings is 1. The summed E-state index contributed by atoms with van der Waals surface area (Å²) in [6.07, 6.45) is 4.94. The molecule has 1 aromatic rings. The van der Waals surface area contributed by atoms with Crippen molar-refractivity contribution in [2.75, 3.05) is 45.3 Å². The lowest BCUT2D eigenvalue weighted by Gasteiger charge is -2.24. The fraction of sp³-hybridized carbons (Fsp3) is 0.688. The minimum absolute atomic E-state index is 0.419. The molecule has 6 heteroatoms. The molecule has 122 valence electrons. The van der Waals surface area contributed by atoms with Crippen LogP contribution in [0, 0.1) is 5.92 Å². The van der Waals surface area contributed by atoms with E-state index in [1.807, 2.05) is 6.07 Å². The Morgan fingerprint density at radius 2 is 2.18 bits per heavy atom. The van der Waals surface area contributed by atoms with Crippen LogP contribution in [0.5, 0.6) is 11.5 Å². The first-order valence-corrected chi connectivity index (χ1v) is 8.07. The normalized spacial score (nSPS) is 22.5. The van der Waals surface area contributed by atoms with Crippen LogP contribution in [0.25, 0.3) is 0 Å². The maximum Gasteiger partial charge on any atom is 0.179 e. The van der Waals surface area contributed by atoms with Gasteiger partial charge in [-0.3, -0.25) is 0 Å². The number of anilines is 1. The topological polar surface area (TPSA) is 64.6 Å². The second-order valence-electron chi connectivity index (χ2n) is 5.92. The Morgan fingerprint density at radius 1 is 1.32 bits per heavy atom. The lowest BCUT2D eigenvalue weighted by atomic mass is 10.1. The van der Waals surface area contributed by atoms with Gasteiger partial charge in [-0.25, -0.2) is 4.98 Å². The zero-order valence-corrected chi connectivity index (χ0v) is 13.1. The maximum atomic E-state index is 5.88. The van der Waals surface area contributed by atoms with Gasteiger partial charge in [-0.2, -0.15) is 0 Å². The lowest BCUT2D eigenvalue weighted by molar-refractivity contribution is 0.0904. The zero-order chi connectivity index (χ0) is 15.2. The molecular formula is C16H25N3O3. The Balaban J connectivity index is 1.59. The number of rotatable bonds is 6. The standard InChI is InChI=1S/C16H25N3O3/c1-20-14-8-16(19-13-3-6-21-7-4-13)18-10-15(14)22-11-12-2-5-17-9-12/h8,10,12-13,17H,2-7,9,11H2,1H3,(H,18,19). The minimum atomic E-state index is 0.419. The van der Waals surface area contributed by atoms with Crippen molar-refractivity contribution < 1.29 is 14.2 Å². The number of nitrogens with zero attached hydrogens (tertiary/aromatic N) is 1. The molecule has 22 heavy (non-hydrogen) atoms. The van der Waals surface area contributed by atoms with E-state index in [9.17, 15) is 0 Å². The van der Waals surface area contributed by atoms with E-state index >= 15 is 0 Å². The molecule has 1 atom stereocenters. The van der Waals surface area contributed by atoms with Gasteiger partial charge in [0, 0.05) is 37.8 Å². The molecule has 6 nitrogen and oxygen atoms in total. The summed E-state index contributed by atoms with van der Waals surface area (Å²) < 4.78 is 16.7. The van der Waals surface area contributed by atoms with Gasteiger partial charge in [-0.1, -0.05) is 0 Å². The highest BCUT2D eigenvalue weighted by atomic mass is 16.5. The Bertz CT molecular complexity index is 472. The highest BCUT2D eigenvalue weighted by Gasteiger charge is 2.18. The van der Waals surface area contributed by atoms with Crippen LogP contribution >= 0.6 is 0 Å². The highest BCUT2D eigenvalue weighted by molar-refractivity contribution is 5.49. The van der Waals surface area contributed by atoms with Crippen molar-refractivity contribution in [3.05, 3.63) is 12.3 Å². The van der Waals surface area contributed by atoms with E-state index in [1.165, 1.54) is 6.42 Å². The summed E-state index contributed by atoms with van der Waals surface area (Å²) in [4.78, 5) is 4.45. The Hall–Kier alpha value is -1.53. The van der Waals surface area contributed by atoms with Crippen molar-refractivity contribution >= 4 is 5.82 Å². The number of nitrogens with one attached hydrogen (secondary N) is 2. The highest BCUT2D eigenvalue weighted by Crippen LogP contribution is 2.29. The molecule has 1 aromatic heterocycles. The first-order valence-electron chi connectivity index (χ1n) is 8.07. The summed E-state index contributed by atoms with van der Waals surface area (Å²) in [6.45, 7) is 4.44. The summed E-state index contributed by atoms with van der Waals surface area (Å²) in [6, 6.07) is 2.33. The van der Waals surface area contributed by atoms with Gasteiger partial charge >= 0.3 is 0 Å². The molecule has 2 aliphatic heterocycles. The molecule has 0 bridgehead atoms. The molecule has 0 spiro atoms. The number of methoxy groups -OCH3 is 1. The van der Waals surface area contributed by atoms with E-state index < -0.39 is 0 Å². The summed E-state index contributed by atoms with van der Waals surface area (Å²) in [7, 11) is 1.66. The number of hydrogen-bond donors (Lipinski definition) is 2. The van der Waals surface area contributed by atoms with Crippen molar-refractivity contribution in [3.63, 3.8) is 0 Å². The molecule has 0 saturated carbocycles. The van der Waals surface area contributed by atoms with Crippen molar-refractivity contribution in [1.29, 1.82) is 0 Å². The number of ether oxygens (including phenoxy) is 3. The third-order valence-electron chi connectivity index (χ3n) is 4.26. The van der Waals surface area contributed by atoms with Crippen molar-refractivity contribution in [2.45, 2.75) is 25.3 Å². The first kappa shape index (κ1) is 15.4. The van der Waals surface area contributed by atoms with E-state index in [0.29, 0.717) is 24.3 Å². The summed E-state index contributed by atoms with van der Waals surface area (Å²) in [5.41, 5.74) is 0. The van der Waals surface area contributed by atoms with Gasteiger partial charge in [-0.05, 0) is 25.8 Å². The van der Waals surface area contributed by atoms with Gasteiger partial charge in [0.25, 0.3) is 0 Å². The monoisotopic (exact) mass is 307 g/mol. The third kappa shape index (κ3) is 4.01. The summed E-state index contributed by atoms with van der Waals surface area (Å²) >= 11 is 0. The first-order chi connectivity index (χ1) is 10.8. The predicted octanol–water partition coefficient (Wildman–Crippen LogP) is 1.67.